The summed E-state index contributed by atoms with van der Waals surface area (Å²) in [4.78, 5) is 5.00. The van der Waals surface area contributed by atoms with Crippen LogP contribution in [0, 0.1) is 0 Å². The average Bonchev–Trinajstić information content (AvgIpc) is 2.89. The zero-order valence-electron chi connectivity index (χ0n) is 7.83. The summed E-state index contributed by atoms with van der Waals surface area (Å²) in [6.45, 7) is 9.24. The third-order valence-corrected chi connectivity index (χ3v) is 2.66. The highest BCUT2D eigenvalue weighted by Crippen LogP contribution is 2.13. The smallest absolute Gasteiger partial charge is 0.0936 e. The molecule has 0 aromatic carbocycles. The standard InChI is InChI=1S/C9H18N2O/c1-2-10-4-3-5-11(8-10)6-9-7-12-9/h9H,2-8H2,1H3. The van der Waals surface area contributed by atoms with Crippen LogP contribution in [0.15, 0.2) is 0 Å². The Labute approximate surface area is 74.3 Å². The van der Waals surface area contributed by atoms with Crippen LogP contribution < -0.4 is 0 Å². The maximum atomic E-state index is 5.22. The molecule has 12 heavy (non-hydrogen) atoms. The molecule has 0 aliphatic carbocycles. The quantitative estimate of drug-likeness (QED) is 0.570. The summed E-state index contributed by atoms with van der Waals surface area (Å²) in [6, 6.07) is 0. The molecule has 0 spiro atoms. The minimum atomic E-state index is 0.557. The molecule has 2 rings (SSSR count). The Morgan fingerprint density at radius 2 is 2.08 bits per heavy atom. The summed E-state index contributed by atoms with van der Waals surface area (Å²) in [7, 11) is 0. The highest BCUT2D eigenvalue weighted by atomic mass is 16.6. The Morgan fingerprint density at radius 1 is 1.33 bits per heavy atom. The summed E-state index contributed by atoms with van der Waals surface area (Å²) in [5.41, 5.74) is 0. The van der Waals surface area contributed by atoms with E-state index in [1.807, 2.05) is 0 Å². The lowest BCUT2D eigenvalue weighted by Gasteiger charge is -2.34. The van der Waals surface area contributed by atoms with E-state index in [4.69, 9.17) is 4.74 Å². The molecule has 2 aliphatic rings. The predicted molar refractivity (Wildman–Crippen MR) is 48.0 cm³/mol. The molecule has 2 fully saturated rings. The van der Waals surface area contributed by atoms with Crippen LogP contribution in [0.5, 0.6) is 0 Å². The molecule has 0 bridgehead atoms. The Hall–Kier alpha value is -0.120. The van der Waals surface area contributed by atoms with E-state index in [0.717, 1.165) is 19.8 Å². The molecule has 0 amide bonds. The molecule has 1 unspecified atom stereocenters. The van der Waals surface area contributed by atoms with Crippen molar-refractivity contribution in [2.45, 2.75) is 19.4 Å². The van der Waals surface area contributed by atoms with Gasteiger partial charge in [0.25, 0.3) is 0 Å². The van der Waals surface area contributed by atoms with Crippen LogP contribution in [0.4, 0.5) is 0 Å². The molecule has 3 heteroatoms. The van der Waals surface area contributed by atoms with Gasteiger partial charge in [-0.05, 0) is 13.0 Å². The minimum Gasteiger partial charge on any atom is -0.372 e. The SMILES string of the molecule is CCN1CCCN(CC2CO2)C1. The average molecular weight is 170 g/mol. The largest absolute Gasteiger partial charge is 0.372 e. The van der Waals surface area contributed by atoms with Crippen molar-refractivity contribution in [1.29, 1.82) is 0 Å². The second-order valence-corrected chi connectivity index (χ2v) is 3.74. The molecule has 3 nitrogen and oxygen atoms in total. The van der Waals surface area contributed by atoms with Crippen molar-refractivity contribution in [2.24, 2.45) is 0 Å². The third-order valence-electron chi connectivity index (χ3n) is 2.66. The van der Waals surface area contributed by atoms with Crippen LogP contribution in [0.2, 0.25) is 0 Å². The predicted octanol–water partition coefficient (Wildman–Crippen LogP) is 0.370. The summed E-state index contributed by atoms with van der Waals surface area (Å²) in [5, 5.41) is 0. The molecule has 2 aliphatic heterocycles. The van der Waals surface area contributed by atoms with E-state index in [2.05, 4.69) is 16.7 Å². The van der Waals surface area contributed by atoms with Gasteiger partial charge in [0.05, 0.1) is 19.4 Å². The molecule has 1 atom stereocenters. The first-order valence-electron chi connectivity index (χ1n) is 4.95. The molecule has 0 aromatic heterocycles. The second-order valence-electron chi connectivity index (χ2n) is 3.74. The number of epoxide rings is 1. The lowest BCUT2D eigenvalue weighted by atomic mass is 10.3. The van der Waals surface area contributed by atoms with Crippen molar-refractivity contribution in [3.05, 3.63) is 0 Å². The maximum absolute atomic E-state index is 5.22. The summed E-state index contributed by atoms with van der Waals surface area (Å²) >= 11 is 0. The van der Waals surface area contributed by atoms with Crippen molar-refractivity contribution in [2.75, 3.05) is 39.5 Å². The normalized spacial score (nSPS) is 32.2. The van der Waals surface area contributed by atoms with Gasteiger partial charge in [-0.3, -0.25) is 9.80 Å². The summed E-state index contributed by atoms with van der Waals surface area (Å²) < 4.78 is 5.22. The molecule has 0 radical (unpaired) electrons. The van der Waals surface area contributed by atoms with Gasteiger partial charge in [0.2, 0.25) is 0 Å². The first-order valence-corrected chi connectivity index (χ1v) is 4.95. The number of hydrogen-bond donors (Lipinski definition) is 0. The van der Waals surface area contributed by atoms with Gasteiger partial charge in [-0.1, -0.05) is 6.92 Å². The Morgan fingerprint density at radius 3 is 2.75 bits per heavy atom. The summed E-state index contributed by atoms with van der Waals surface area (Å²) in [5.74, 6) is 0. The van der Waals surface area contributed by atoms with Gasteiger partial charge in [0.15, 0.2) is 0 Å². The van der Waals surface area contributed by atoms with Crippen molar-refractivity contribution in [3.8, 4) is 0 Å². The lowest BCUT2D eigenvalue weighted by Crippen LogP contribution is -2.45. The second kappa shape index (κ2) is 3.73. The van der Waals surface area contributed by atoms with E-state index in [-0.39, 0.29) is 0 Å². The fourth-order valence-corrected chi connectivity index (χ4v) is 1.81. The van der Waals surface area contributed by atoms with Crippen LogP contribution in [0.25, 0.3) is 0 Å². The van der Waals surface area contributed by atoms with Crippen molar-refractivity contribution in [1.82, 2.24) is 9.80 Å². The molecule has 0 aromatic rings. The number of rotatable bonds is 3. The summed E-state index contributed by atoms with van der Waals surface area (Å²) in [6.07, 6.45) is 1.88. The van der Waals surface area contributed by atoms with Gasteiger partial charge in [-0.25, -0.2) is 0 Å². The van der Waals surface area contributed by atoms with Crippen LogP contribution in [-0.2, 0) is 4.74 Å². The molecule has 2 saturated heterocycles. The molecular weight excluding hydrogens is 152 g/mol. The fraction of sp³-hybridized carbons (Fsp3) is 1.00. The van der Waals surface area contributed by atoms with E-state index in [9.17, 15) is 0 Å². The van der Waals surface area contributed by atoms with E-state index in [1.165, 1.54) is 26.1 Å². The number of nitrogens with zero attached hydrogens (tertiary/aromatic N) is 2. The van der Waals surface area contributed by atoms with Crippen molar-refractivity contribution in [3.63, 3.8) is 0 Å². The maximum Gasteiger partial charge on any atom is 0.0936 e. The van der Waals surface area contributed by atoms with E-state index in [0.29, 0.717) is 6.10 Å². The van der Waals surface area contributed by atoms with Gasteiger partial charge >= 0.3 is 0 Å². The van der Waals surface area contributed by atoms with Gasteiger partial charge in [0.1, 0.15) is 0 Å². The molecule has 0 saturated carbocycles. The zero-order valence-corrected chi connectivity index (χ0v) is 7.83. The van der Waals surface area contributed by atoms with Crippen LogP contribution in [-0.4, -0.2) is 55.4 Å². The Balaban J connectivity index is 1.73. The van der Waals surface area contributed by atoms with Gasteiger partial charge in [-0.15, -0.1) is 0 Å². The van der Waals surface area contributed by atoms with Crippen molar-refractivity contribution >= 4 is 0 Å². The zero-order chi connectivity index (χ0) is 8.39. The Kier molecular flexibility index (Phi) is 2.63. The topological polar surface area (TPSA) is 19.0 Å². The van der Waals surface area contributed by atoms with Gasteiger partial charge < -0.3 is 4.74 Å². The van der Waals surface area contributed by atoms with E-state index in [1.54, 1.807) is 0 Å². The van der Waals surface area contributed by atoms with Crippen LogP contribution in [0.1, 0.15) is 13.3 Å². The van der Waals surface area contributed by atoms with Gasteiger partial charge in [0, 0.05) is 19.6 Å². The van der Waals surface area contributed by atoms with Crippen molar-refractivity contribution < 1.29 is 4.74 Å². The number of ether oxygens (including phenoxy) is 1. The molecule has 0 N–H and O–H groups in total. The first kappa shape index (κ1) is 8.48. The monoisotopic (exact) mass is 170 g/mol. The van der Waals surface area contributed by atoms with E-state index < -0.39 is 0 Å². The minimum absolute atomic E-state index is 0.557. The van der Waals surface area contributed by atoms with Gasteiger partial charge in [-0.2, -0.15) is 0 Å². The van der Waals surface area contributed by atoms with Crippen LogP contribution >= 0.6 is 0 Å². The lowest BCUT2D eigenvalue weighted by molar-refractivity contribution is 0.0843. The molecule has 2 heterocycles. The first-order chi connectivity index (χ1) is 5.88. The Bertz CT molecular complexity index is 147. The molecule has 70 valence electrons. The van der Waals surface area contributed by atoms with Crippen LogP contribution in [0.3, 0.4) is 0 Å². The van der Waals surface area contributed by atoms with E-state index >= 15 is 0 Å². The fourth-order valence-electron chi connectivity index (χ4n) is 1.81. The number of hydrogen-bond acceptors (Lipinski definition) is 3. The third kappa shape index (κ3) is 2.19. The highest BCUT2D eigenvalue weighted by molar-refractivity contribution is 4.76. The molecular formula is C9H18N2O. The highest BCUT2D eigenvalue weighted by Gasteiger charge is 2.27.